The van der Waals surface area contributed by atoms with E-state index in [4.69, 9.17) is 4.74 Å². The molecule has 0 bridgehead atoms. The second-order valence-corrected chi connectivity index (χ2v) is 6.28. The third-order valence-electron chi connectivity index (χ3n) is 4.60. The highest BCUT2D eigenvalue weighted by molar-refractivity contribution is 5.85. The molecule has 1 N–H and O–H groups in total. The molecule has 24 heavy (non-hydrogen) atoms. The van der Waals surface area contributed by atoms with Gasteiger partial charge in [0.15, 0.2) is 0 Å². The van der Waals surface area contributed by atoms with Crippen LogP contribution < -0.4 is 10.5 Å². The molecule has 124 valence electrons. The summed E-state index contributed by atoms with van der Waals surface area (Å²) < 4.78 is 7.52. The SMILES string of the molecule is Cc1cc(=O)[nH]c2ccc(N3CCOCC3c3cnn(C)c3)cc12. The largest absolute Gasteiger partial charge is 0.377 e. The molecule has 3 aromatic rings. The van der Waals surface area contributed by atoms with Crippen molar-refractivity contribution in [3.05, 3.63) is 58.1 Å². The third kappa shape index (κ3) is 2.59. The van der Waals surface area contributed by atoms with E-state index in [0.717, 1.165) is 34.3 Å². The smallest absolute Gasteiger partial charge is 0.248 e. The van der Waals surface area contributed by atoms with Crippen molar-refractivity contribution in [3.63, 3.8) is 0 Å². The fourth-order valence-electron chi connectivity index (χ4n) is 3.39. The quantitative estimate of drug-likeness (QED) is 0.784. The number of hydrogen-bond donors (Lipinski definition) is 1. The van der Waals surface area contributed by atoms with E-state index in [-0.39, 0.29) is 11.6 Å². The summed E-state index contributed by atoms with van der Waals surface area (Å²) >= 11 is 0. The van der Waals surface area contributed by atoms with Crippen molar-refractivity contribution < 1.29 is 4.74 Å². The zero-order valence-electron chi connectivity index (χ0n) is 13.8. The molecule has 1 aliphatic heterocycles. The molecule has 3 heterocycles. The highest BCUT2D eigenvalue weighted by Gasteiger charge is 2.26. The van der Waals surface area contributed by atoms with Gasteiger partial charge in [-0.3, -0.25) is 9.48 Å². The van der Waals surface area contributed by atoms with Crippen molar-refractivity contribution in [1.82, 2.24) is 14.8 Å². The van der Waals surface area contributed by atoms with Crippen molar-refractivity contribution in [1.29, 1.82) is 0 Å². The number of hydrogen-bond acceptors (Lipinski definition) is 4. The normalized spacial score (nSPS) is 18.2. The number of anilines is 1. The zero-order chi connectivity index (χ0) is 16.7. The minimum Gasteiger partial charge on any atom is -0.377 e. The summed E-state index contributed by atoms with van der Waals surface area (Å²) in [5.41, 5.74) is 4.08. The van der Waals surface area contributed by atoms with Crippen LogP contribution in [0.1, 0.15) is 17.2 Å². The molecule has 0 spiro atoms. The van der Waals surface area contributed by atoms with Crippen LogP contribution in [0, 0.1) is 6.92 Å². The number of aromatic nitrogens is 3. The first-order valence-corrected chi connectivity index (χ1v) is 8.08. The van der Waals surface area contributed by atoms with Crippen LogP contribution in [-0.2, 0) is 11.8 Å². The molecule has 1 atom stereocenters. The Labute approximate surface area is 139 Å². The lowest BCUT2D eigenvalue weighted by Crippen LogP contribution is -2.39. The molecule has 4 rings (SSSR count). The lowest BCUT2D eigenvalue weighted by atomic mass is 10.1. The summed E-state index contributed by atoms with van der Waals surface area (Å²) in [4.78, 5) is 16.9. The number of morpholine rings is 1. The Bertz CT molecular complexity index is 944. The second-order valence-electron chi connectivity index (χ2n) is 6.28. The highest BCUT2D eigenvalue weighted by Crippen LogP contribution is 2.31. The Morgan fingerprint density at radius 3 is 3.00 bits per heavy atom. The van der Waals surface area contributed by atoms with Crippen LogP contribution in [-0.4, -0.2) is 34.5 Å². The molecule has 0 radical (unpaired) electrons. The summed E-state index contributed by atoms with van der Waals surface area (Å²) in [6.45, 7) is 4.15. The fourth-order valence-corrected chi connectivity index (χ4v) is 3.39. The highest BCUT2D eigenvalue weighted by atomic mass is 16.5. The van der Waals surface area contributed by atoms with E-state index >= 15 is 0 Å². The first kappa shape index (κ1) is 15.0. The number of fused-ring (bicyclic) bond motifs is 1. The van der Waals surface area contributed by atoms with Gasteiger partial charge in [-0.25, -0.2) is 0 Å². The number of aromatic amines is 1. The molecule has 2 aromatic heterocycles. The van der Waals surface area contributed by atoms with Gasteiger partial charge in [-0.2, -0.15) is 5.10 Å². The Hall–Kier alpha value is -2.60. The van der Waals surface area contributed by atoms with E-state index in [9.17, 15) is 4.79 Å². The van der Waals surface area contributed by atoms with E-state index < -0.39 is 0 Å². The number of nitrogens with zero attached hydrogens (tertiary/aromatic N) is 3. The summed E-state index contributed by atoms with van der Waals surface area (Å²) in [7, 11) is 1.92. The maximum atomic E-state index is 11.6. The van der Waals surface area contributed by atoms with Crippen LogP contribution in [0.2, 0.25) is 0 Å². The number of nitrogens with one attached hydrogen (secondary N) is 1. The maximum absolute atomic E-state index is 11.6. The van der Waals surface area contributed by atoms with Gasteiger partial charge in [-0.05, 0) is 30.7 Å². The summed E-state index contributed by atoms with van der Waals surface area (Å²) in [6.07, 6.45) is 3.94. The molecule has 0 aliphatic carbocycles. The van der Waals surface area contributed by atoms with Gasteiger partial charge in [0.2, 0.25) is 5.56 Å². The van der Waals surface area contributed by atoms with Gasteiger partial charge < -0.3 is 14.6 Å². The molecule has 1 aromatic carbocycles. The Morgan fingerprint density at radius 2 is 2.21 bits per heavy atom. The first-order valence-electron chi connectivity index (χ1n) is 8.08. The number of pyridine rings is 1. The summed E-state index contributed by atoms with van der Waals surface area (Å²) in [5, 5.41) is 5.36. The molecular formula is C18H20N4O2. The fraction of sp³-hybridized carbons (Fsp3) is 0.333. The van der Waals surface area contributed by atoms with Gasteiger partial charge in [0, 0.05) is 48.0 Å². The minimum atomic E-state index is -0.0626. The van der Waals surface area contributed by atoms with Crippen LogP contribution >= 0.6 is 0 Å². The molecule has 6 nitrogen and oxygen atoms in total. The van der Waals surface area contributed by atoms with Crippen LogP contribution in [0.25, 0.3) is 10.9 Å². The van der Waals surface area contributed by atoms with Crippen molar-refractivity contribution in [2.45, 2.75) is 13.0 Å². The Morgan fingerprint density at radius 1 is 1.33 bits per heavy atom. The van der Waals surface area contributed by atoms with Gasteiger partial charge in [0.05, 0.1) is 25.5 Å². The van der Waals surface area contributed by atoms with Crippen molar-refractivity contribution in [2.24, 2.45) is 7.05 Å². The van der Waals surface area contributed by atoms with E-state index in [1.54, 1.807) is 6.07 Å². The molecule has 1 saturated heterocycles. The van der Waals surface area contributed by atoms with Crippen LogP contribution in [0.4, 0.5) is 5.69 Å². The van der Waals surface area contributed by atoms with E-state index in [1.807, 2.05) is 37.1 Å². The Balaban J connectivity index is 1.78. The van der Waals surface area contributed by atoms with Gasteiger partial charge in [0.25, 0.3) is 0 Å². The zero-order valence-corrected chi connectivity index (χ0v) is 13.8. The summed E-state index contributed by atoms with van der Waals surface area (Å²) in [6, 6.07) is 7.98. The van der Waals surface area contributed by atoms with Gasteiger partial charge in [-0.15, -0.1) is 0 Å². The number of benzene rings is 1. The van der Waals surface area contributed by atoms with Crippen LogP contribution in [0.3, 0.4) is 0 Å². The molecule has 1 aliphatic rings. The van der Waals surface area contributed by atoms with Crippen molar-refractivity contribution in [3.8, 4) is 0 Å². The van der Waals surface area contributed by atoms with E-state index in [0.29, 0.717) is 13.2 Å². The molecule has 1 unspecified atom stereocenters. The molecule has 0 amide bonds. The van der Waals surface area contributed by atoms with Gasteiger partial charge in [-0.1, -0.05) is 0 Å². The van der Waals surface area contributed by atoms with Gasteiger partial charge in [0.1, 0.15) is 0 Å². The Kier molecular flexibility index (Phi) is 3.61. The molecular weight excluding hydrogens is 304 g/mol. The van der Waals surface area contributed by atoms with Crippen LogP contribution in [0.5, 0.6) is 0 Å². The first-order chi connectivity index (χ1) is 11.6. The monoisotopic (exact) mass is 324 g/mol. The number of rotatable bonds is 2. The number of ether oxygens (including phenoxy) is 1. The average Bonchev–Trinajstić information content (AvgIpc) is 3.01. The molecule has 0 saturated carbocycles. The molecule has 6 heteroatoms. The average molecular weight is 324 g/mol. The predicted octanol–water partition coefficient (Wildman–Crippen LogP) is 2.15. The van der Waals surface area contributed by atoms with Crippen LogP contribution in [0.15, 0.2) is 41.5 Å². The van der Waals surface area contributed by atoms with Crippen molar-refractivity contribution >= 4 is 16.6 Å². The maximum Gasteiger partial charge on any atom is 0.248 e. The number of aryl methyl sites for hydroxylation is 2. The third-order valence-corrected chi connectivity index (χ3v) is 4.60. The topological polar surface area (TPSA) is 63.1 Å². The number of H-pyrrole nitrogens is 1. The lowest BCUT2D eigenvalue weighted by molar-refractivity contribution is 0.0941. The minimum absolute atomic E-state index is 0.0626. The van der Waals surface area contributed by atoms with E-state index in [2.05, 4.69) is 27.1 Å². The predicted molar refractivity (Wildman–Crippen MR) is 93.4 cm³/mol. The standard InChI is InChI=1S/C18H20N4O2/c1-12-7-18(23)20-16-4-3-14(8-15(12)16)22-5-6-24-11-17(22)13-9-19-21(2)10-13/h3-4,7-10,17H,5-6,11H2,1-2H3,(H,20,23). The van der Waals surface area contributed by atoms with E-state index in [1.165, 1.54) is 0 Å². The summed E-state index contributed by atoms with van der Waals surface area (Å²) in [5.74, 6) is 0. The second kappa shape index (κ2) is 5.79. The van der Waals surface area contributed by atoms with Gasteiger partial charge >= 0.3 is 0 Å². The lowest BCUT2D eigenvalue weighted by Gasteiger charge is -2.37. The van der Waals surface area contributed by atoms with Crippen molar-refractivity contribution in [2.75, 3.05) is 24.7 Å². The molecule has 1 fully saturated rings.